The summed E-state index contributed by atoms with van der Waals surface area (Å²) in [6, 6.07) is 9.55. The third-order valence-corrected chi connectivity index (χ3v) is 3.89. The van der Waals surface area contributed by atoms with Gasteiger partial charge in [-0.1, -0.05) is 23.7 Å². The smallest absolute Gasteiger partial charge is 0.182 e. The molecule has 9 heteroatoms. The molecule has 2 heterocycles. The molecule has 0 fully saturated rings. The monoisotopic (exact) mass is 362 g/mol. The van der Waals surface area contributed by atoms with Gasteiger partial charge in [-0.15, -0.1) is 0 Å². The summed E-state index contributed by atoms with van der Waals surface area (Å²) in [4.78, 5) is 6.25. The van der Waals surface area contributed by atoms with Gasteiger partial charge in [0, 0.05) is 19.7 Å². The van der Waals surface area contributed by atoms with Crippen LogP contribution in [-0.4, -0.2) is 40.2 Å². The van der Waals surface area contributed by atoms with Gasteiger partial charge in [0.25, 0.3) is 0 Å². The zero-order chi connectivity index (χ0) is 18.0. The van der Waals surface area contributed by atoms with E-state index in [0.29, 0.717) is 23.0 Å². The van der Waals surface area contributed by atoms with E-state index in [9.17, 15) is 5.11 Å². The highest BCUT2D eigenvalue weighted by molar-refractivity contribution is 6.29. The van der Waals surface area contributed by atoms with E-state index >= 15 is 0 Å². The van der Waals surface area contributed by atoms with E-state index in [1.807, 2.05) is 36.2 Å². The van der Waals surface area contributed by atoms with Gasteiger partial charge in [0.05, 0.1) is 13.3 Å². The number of nitrogens with zero attached hydrogens (tertiary/aromatic N) is 4. The van der Waals surface area contributed by atoms with Gasteiger partial charge in [0.2, 0.25) is 0 Å². The fourth-order valence-electron chi connectivity index (χ4n) is 2.54. The summed E-state index contributed by atoms with van der Waals surface area (Å²) < 4.78 is 6.81. The summed E-state index contributed by atoms with van der Waals surface area (Å²) in [6.45, 7) is 0.640. The first-order valence-electron chi connectivity index (χ1n) is 7.56. The van der Waals surface area contributed by atoms with Gasteiger partial charge in [-0.2, -0.15) is 9.61 Å². The molecule has 1 unspecified atom stereocenters. The Kier molecular flexibility index (Phi) is 4.93. The molecule has 0 bridgehead atoms. The number of benzene rings is 1. The Labute approximate surface area is 149 Å². The van der Waals surface area contributed by atoms with Gasteiger partial charge in [-0.25, -0.2) is 4.98 Å². The van der Waals surface area contributed by atoms with Crippen molar-refractivity contribution in [3.8, 4) is 5.75 Å². The van der Waals surface area contributed by atoms with Crippen LogP contribution in [0.4, 0.5) is 11.5 Å². The third kappa shape index (κ3) is 3.76. The molecule has 132 valence electrons. The Balaban J connectivity index is 1.92. The Bertz CT molecular complexity index is 865. The maximum Gasteiger partial charge on any atom is 0.182 e. The standard InChI is InChI=1S/C16H19ClN6O2/c1-22(9-10-3-5-11(25-2)6-4-10)14-7-13(17)21-15-12(20-16(18)24)8-19-23(14)15/h3-8,16,20,24H,9,18H2,1-2H3. The van der Waals surface area contributed by atoms with Gasteiger partial charge in [-0.05, 0) is 17.7 Å². The molecule has 4 N–H and O–H groups in total. The highest BCUT2D eigenvalue weighted by Crippen LogP contribution is 2.25. The molecule has 1 aromatic carbocycles. The number of nitrogens with one attached hydrogen (secondary N) is 1. The number of nitrogens with two attached hydrogens (primary N) is 1. The van der Waals surface area contributed by atoms with Crippen molar-refractivity contribution in [2.75, 3.05) is 24.4 Å². The van der Waals surface area contributed by atoms with Crippen LogP contribution in [0.3, 0.4) is 0 Å². The molecule has 0 aliphatic heterocycles. The fourth-order valence-corrected chi connectivity index (χ4v) is 2.71. The Morgan fingerprint density at radius 1 is 1.40 bits per heavy atom. The molecule has 25 heavy (non-hydrogen) atoms. The number of halogens is 1. The number of fused-ring (bicyclic) bond motifs is 1. The Hall–Kier alpha value is -2.55. The molecular weight excluding hydrogens is 344 g/mol. The summed E-state index contributed by atoms with van der Waals surface area (Å²) in [6.07, 6.45) is 0.327. The first-order chi connectivity index (χ1) is 12.0. The van der Waals surface area contributed by atoms with E-state index in [-0.39, 0.29) is 0 Å². The minimum absolute atomic E-state index is 0.319. The van der Waals surface area contributed by atoms with Crippen LogP contribution < -0.4 is 20.7 Å². The summed E-state index contributed by atoms with van der Waals surface area (Å²) in [7, 11) is 3.57. The second-order valence-electron chi connectivity index (χ2n) is 5.52. The van der Waals surface area contributed by atoms with Crippen LogP contribution in [-0.2, 0) is 6.54 Å². The summed E-state index contributed by atoms with van der Waals surface area (Å²) >= 11 is 6.16. The number of rotatable bonds is 6. The highest BCUT2D eigenvalue weighted by atomic mass is 35.5. The summed E-state index contributed by atoms with van der Waals surface area (Å²) in [5, 5.41) is 16.6. The number of methoxy groups -OCH3 is 1. The van der Waals surface area contributed by atoms with Crippen molar-refractivity contribution < 1.29 is 9.84 Å². The zero-order valence-corrected chi connectivity index (χ0v) is 14.6. The minimum atomic E-state index is -1.21. The molecular formula is C16H19ClN6O2. The Morgan fingerprint density at radius 3 is 2.76 bits per heavy atom. The summed E-state index contributed by atoms with van der Waals surface area (Å²) in [5.41, 5.74) is 7.44. The zero-order valence-electron chi connectivity index (χ0n) is 13.8. The lowest BCUT2D eigenvalue weighted by Crippen LogP contribution is -2.28. The quantitative estimate of drug-likeness (QED) is 0.453. The molecule has 2 aromatic heterocycles. The number of anilines is 2. The normalized spacial score (nSPS) is 12.2. The average molecular weight is 363 g/mol. The molecule has 0 amide bonds. The van der Waals surface area contributed by atoms with Crippen molar-refractivity contribution in [2.24, 2.45) is 5.73 Å². The first-order valence-corrected chi connectivity index (χ1v) is 7.94. The van der Waals surface area contributed by atoms with Gasteiger partial charge in [0.15, 0.2) is 12.0 Å². The number of hydrogen-bond acceptors (Lipinski definition) is 7. The van der Waals surface area contributed by atoms with Crippen LogP contribution >= 0.6 is 11.6 Å². The van der Waals surface area contributed by atoms with Crippen molar-refractivity contribution in [3.05, 3.63) is 47.2 Å². The van der Waals surface area contributed by atoms with E-state index in [4.69, 9.17) is 22.1 Å². The SMILES string of the molecule is COc1ccc(CN(C)c2cc(Cl)nc3c(NC(N)O)cnn23)cc1. The maximum atomic E-state index is 9.32. The topological polar surface area (TPSA) is 101 Å². The van der Waals surface area contributed by atoms with Gasteiger partial charge >= 0.3 is 0 Å². The predicted octanol–water partition coefficient (Wildman–Crippen LogP) is 1.67. The maximum absolute atomic E-state index is 9.32. The van der Waals surface area contributed by atoms with Gasteiger partial charge in [-0.3, -0.25) is 5.73 Å². The second kappa shape index (κ2) is 7.14. The number of aliphatic hydroxyl groups is 1. The molecule has 0 saturated heterocycles. The van der Waals surface area contributed by atoms with Crippen molar-refractivity contribution in [1.82, 2.24) is 14.6 Å². The number of aromatic nitrogens is 3. The molecule has 1 atom stereocenters. The van der Waals surface area contributed by atoms with Crippen LogP contribution in [0.25, 0.3) is 5.65 Å². The molecule has 0 spiro atoms. The van der Waals surface area contributed by atoms with Gasteiger partial charge < -0.3 is 20.1 Å². The molecule has 0 aliphatic rings. The van der Waals surface area contributed by atoms with Crippen LogP contribution in [0.1, 0.15) is 5.56 Å². The molecule has 0 radical (unpaired) electrons. The average Bonchev–Trinajstić information content (AvgIpc) is 2.97. The largest absolute Gasteiger partial charge is 0.497 e. The minimum Gasteiger partial charge on any atom is -0.497 e. The Morgan fingerprint density at radius 2 is 2.12 bits per heavy atom. The molecule has 0 saturated carbocycles. The van der Waals surface area contributed by atoms with Crippen LogP contribution in [0.15, 0.2) is 36.5 Å². The molecule has 3 aromatic rings. The van der Waals surface area contributed by atoms with Crippen LogP contribution in [0.2, 0.25) is 5.15 Å². The number of ether oxygens (including phenoxy) is 1. The molecule has 3 rings (SSSR count). The van der Waals surface area contributed by atoms with E-state index in [1.165, 1.54) is 0 Å². The van der Waals surface area contributed by atoms with Crippen LogP contribution in [0, 0.1) is 0 Å². The van der Waals surface area contributed by atoms with Crippen molar-refractivity contribution >= 4 is 28.8 Å². The lowest BCUT2D eigenvalue weighted by molar-refractivity contribution is 0.212. The second-order valence-corrected chi connectivity index (χ2v) is 5.91. The fraction of sp³-hybridized carbons (Fsp3) is 0.250. The lowest BCUT2D eigenvalue weighted by Gasteiger charge is -2.20. The lowest BCUT2D eigenvalue weighted by atomic mass is 10.2. The van der Waals surface area contributed by atoms with E-state index in [1.54, 1.807) is 23.9 Å². The highest BCUT2D eigenvalue weighted by Gasteiger charge is 2.15. The number of aliphatic hydroxyl groups excluding tert-OH is 1. The summed E-state index contributed by atoms with van der Waals surface area (Å²) in [5.74, 6) is 1.56. The molecule has 8 nitrogen and oxygen atoms in total. The van der Waals surface area contributed by atoms with E-state index < -0.39 is 6.35 Å². The van der Waals surface area contributed by atoms with Crippen molar-refractivity contribution in [2.45, 2.75) is 12.9 Å². The van der Waals surface area contributed by atoms with E-state index in [0.717, 1.165) is 17.1 Å². The predicted molar refractivity (Wildman–Crippen MR) is 96.9 cm³/mol. The number of hydrogen-bond donors (Lipinski definition) is 3. The van der Waals surface area contributed by atoms with E-state index in [2.05, 4.69) is 15.4 Å². The van der Waals surface area contributed by atoms with Crippen LogP contribution in [0.5, 0.6) is 5.75 Å². The van der Waals surface area contributed by atoms with Crippen molar-refractivity contribution in [1.29, 1.82) is 0 Å². The third-order valence-electron chi connectivity index (χ3n) is 3.70. The van der Waals surface area contributed by atoms with Gasteiger partial charge in [0.1, 0.15) is 22.4 Å². The molecule has 0 aliphatic carbocycles. The van der Waals surface area contributed by atoms with Crippen molar-refractivity contribution in [3.63, 3.8) is 0 Å². The first kappa shape index (κ1) is 17.3.